The van der Waals surface area contributed by atoms with Crippen molar-refractivity contribution in [1.82, 2.24) is 19.5 Å². The number of fused-ring (bicyclic) bond motifs is 2. The van der Waals surface area contributed by atoms with E-state index in [0.717, 1.165) is 0 Å². The second-order valence-corrected chi connectivity index (χ2v) is 6.59. The Morgan fingerprint density at radius 2 is 2.13 bits per heavy atom. The minimum absolute atomic E-state index is 0.0424. The second-order valence-electron chi connectivity index (χ2n) is 6.59. The van der Waals surface area contributed by atoms with Crippen molar-refractivity contribution in [3.05, 3.63) is 16.7 Å². The summed E-state index contributed by atoms with van der Waals surface area (Å²) in [4.78, 5) is 22.2. The molecule has 2 aliphatic rings. The van der Waals surface area contributed by atoms with Gasteiger partial charge in [-0.05, 0) is 0 Å². The molecule has 2 aromatic rings. The Morgan fingerprint density at radius 3 is 2.74 bits per heavy atom. The molecule has 0 spiro atoms. The number of H-pyrrole nitrogens is 1. The number of nitrogens with zero attached hydrogens (tertiary/aromatic N) is 3. The van der Waals surface area contributed by atoms with Crippen LogP contribution < -0.4 is 11.3 Å². The first-order chi connectivity index (χ1) is 10.7. The molecule has 124 valence electrons. The molecule has 6 N–H and O–H groups in total. The summed E-state index contributed by atoms with van der Waals surface area (Å²) < 4.78 is 6.98. The molecule has 1 saturated heterocycles. The topological polar surface area (TPSA) is 160 Å². The summed E-state index contributed by atoms with van der Waals surface area (Å²) >= 11 is 0. The molecule has 2 aromatic heterocycles. The third-order valence-corrected chi connectivity index (χ3v) is 5.41. The zero-order valence-electron chi connectivity index (χ0n) is 12.5. The van der Waals surface area contributed by atoms with E-state index in [1.54, 1.807) is 13.8 Å². The fraction of sp³-hybridized carbons (Fsp3) is 0.615. The van der Waals surface area contributed by atoms with Crippen LogP contribution in [0.2, 0.25) is 0 Å². The van der Waals surface area contributed by atoms with E-state index < -0.39 is 41.1 Å². The molecule has 0 aromatic carbocycles. The quantitative estimate of drug-likeness (QED) is 0.428. The molecule has 4 rings (SSSR count). The van der Waals surface area contributed by atoms with Gasteiger partial charge in [0.1, 0.15) is 17.3 Å². The van der Waals surface area contributed by atoms with Crippen molar-refractivity contribution in [2.45, 2.75) is 37.4 Å². The van der Waals surface area contributed by atoms with Crippen molar-refractivity contribution in [2.24, 2.45) is 5.41 Å². The maximum Gasteiger partial charge on any atom is 0.280 e. The number of aromatic nitrogens is 4. The molecule has 3 heterocycles. The molecule has 2 fully saturated rings. The molecule has 1 aliphatic heterocycles. The minimum atomic E-state index is -1.65. The van der Waals surface area contributed by atoms with Gasteiger partial charge in [0, 0.05) is 5.41 Å². The van der Waals surface area contributed by atoms with Gasteiger partial charge < -0.3 is 25.8 Å². The fourth-order valence-electron chi connectivity index (χ4n) is 3.95. The van der Waals surface area contributed by atoms with E-state index in [4.69, 9.17) is 10.5 Å². The van der Waals surface area contributed by atoms with Crippen LogP contribution in [0.3, 0.4) is 0 Å². The van der Waals surface area contributed by atoms with Crippen LogP contribution >= 0.6 is 0 Å². The van der Waals surface area contributed by atoms with Crippen LogP contribution in [0.4, 0.5) is 5.95 Å². The van der Waals surface area contributed by atoms with E-state index in [1.165, 1.54) is 10.9 Å². The first-order valence-corrected chi connectivity index (χ1v) is 7.13. The van der Waals surface area contributed by atoms with Crippen LogP contribution in [0.1, 0.15) is 20.1 Å². The predicted molar refractivity (Wildman–Crippen MR) is 77.2 cm³/mol. The number of nitrogens with one attached hydrogen (secondary N) is 1. The largest absolute Gasteiger partial charge is 0.394 e. The lowest BCUT2D eigenvalue weighted by Crippen LogP contribution is -2.36. The molecule has 0 radical (unpaired) electrons. The molecule has 0 bridgehead atoms. The molecule has 1 saturated carbocycles. The number of ether oxygens (including phenoxy) is 1. The Balaban J connectivity index is 1.92. The fourth-order valence-corrected chi connectivity index (χ4v) is 3.95. The third-order valence-electron chi connectivity index (χ3n) is 5.41. The number of aliphatic hydroxyl groups is 3. The lowest BCUT2D eigenvalue weighted by Gasteiger charge is -2.26. The van der Waals surface area contributed by atoms with Crippen molar-refractivity contribution in [3.8, 4) is 0 Å². The number of aromatic amines is 1. The monoisotopic (exact) mass is 323 g/mol. The predicted octanol–water partition coefficient (Wildman–Crippen LogP) is -1.91. The molecule has 0 unspecified atom stereocenters. The second kappa shape index (κ2) is 3.90. The maximum atomic E-state index is 11.9. The highest BCUT2D eigenvalue weighted by molar-refractivity contribution is 5.71. The summed E-state index contributed by atoms with van der Waals surface area (Å²) in [7, 11) is 0. The average Bonchev–Trinajstić information content (AvgIpc) is 2.84. The number of aliphatic hydroxyl groups excluding tert-OH is 1. The highest BCUT2D eigenvalue weighted by atomic mass is 16.6. The summed E-state index contributed by atoms with van der Waals surface area (Å²) in [6, 6.07) is 0. The summed E-state index contributed by atoms with van der Waals surface area (Å²) in [6.07, 6.45) is -0.730. The van der Waals surface area contributed by atoms with E-state index >= 15 is 0 Å². The van der Waals surface area contributed by atoms with Gasteiger partial charge in [0.25, 0.3) is 5.56 Å². The van der Waals surface area contributed by atoms with Crippen molar-refractivity contribution in [2.75, 3.05) is 12.3 Å². The summed E-state index contributed by atoms with van der Waals surface area (Å²) in [5.74, 6) is -0.0988. The smallest absolute Gasteiger partial charge is 0.280 e. The zero-order valence-corrected chi connectivity index (χ0v) is 12.5. The Kier molecular flexibility index (Phi) is 2.47. The Morgan fingerprint density at radius 1 is 1.43 bits per heavy atom. The van der Waals surface area contributed by atoms with Gasteiger partial charge in [0.2, 0.25) is 5.95 Å². The van der Waals surface area contributed by atoms with E-state index in [2.05, 4.69) is 15.0 Å². The Labute approximate surface area is 129 Å². The van der Waals surface area contributed by atoms with Gasteiger partial charge in [-0.2, -0.15) is 4.98 Å². The number of hydrogen-bond acceptors (Lipinski definition) is 8. The van der Waals surface area contributed by atoms with Gasteiger partial charge in [-0.15, -0.1) is 0 Å². The number of rotatable bonds is 2. The van der Waals surface area contributed by atoms with Gasteiger partial charge >= 0.3 is 0 Å². The summed E-state index contributed by atoms with van der Waals surface area (Å²) in [6.45, 7) is 2.90. The van der Waals surface area contributed by atoms with E-state index in [-0.39, 0.29) is 17.1 Å². The molecule has 0 amide bonds. The first kappa shape index (κ1) is 14.6. The first-order valence-electron chi connectivity index (χ1n) is 7.13. The lowest BCUT2D eigenvalue weighted by molar-refractivity contribution is -0.123. The number of anilines is 1. The van der Waals surface area contributed by atoms with Crippen LogP contribution in [0, 0.1) is 5.41 Å². The van der Waals surface area contributed by atoms with Gasteiger partial charge in [-0.3, -0.25) is 14.3 Å². The summed E-state index contributed by atoms with van der Waals surface area (Å²) in [5.41, 5.74) is 1.05. The third kappa shape index (κ3) is 1.32. The number of imidazole rings is 1. The number of hydrogen-bond donors (Lipinski definition) is 5. The molecule has 23 heavy (non-hydrogen) atoms. The zero-order chi connectivity index (χ0) is 16.8. The van der Waals surface area contributed by atoms with Crippen LogP contribution in [0.5, 0.6) is 0 Å². The van der Waals surface area contributed by atoms with E-state index in [1.807, 2.05) is 0 Å². The normalized spacial score (nSPS) is 38.0. The molecular weight excluding hydrogens is 306 g/mol. The molecule has 1 aliphatic carbocycles. The average molecular weight is 323 g/mol. The van der Waals surface area contributed by atoms with Crippen molar-refractivity contribution < 1.29 is 20.1 Å². The highest BCUT2D eigenvalue weighted by Crippen LogP contribution is 2.75. The van der Waals surface area contributed by atoms with Crippen LogP contribution in [0.25, 0.3) is 11.2 Å². The van der Waals surface area contributed by atoms with Crippen molar-refractivity contribution >= 4 is 17.1 Å². The van der Waals surface area contributed by atoms with E-state index in [9.17, 15) is 20.1 Å². The van der Waals surface area contributed by atoms with Gasteiger partial charge in [-0.25, -0.2) is 4.98 Å². The van der Waals surface area contributed by atoms with E-state index in [0.29, 0.717) is 0 Å². The number of nitrogen functional groups attached to an aromatic ring is 1. The van der Waals surface area contributed by atoms with Crippen molar-refractivity contribution in [3.63, 3.8) is 0 Å². The van der Waals surface area contributed by atoms with Crippen LogP contribution in [0.15, 0.2) is 11.1 Å². The number of nitrogens with two attached hydrogens (primary N) is 1. The molecule has 10 nitrogen and oxygen atoms in total. The summed E-state index contributed by atoms with van der Waals surface area (Å²) in [5, 5.41) is 31.3. The van der Waals surface area contributed by atoms with Crippen LogP contribution in [-0.4, -0.2) is 58.8 Å². The minimum Gasteiger partial charge on any atom is -0.394 e. The standard InChI is InChI=1S/C13H17N5O5/c1-11(2)12(21)5(3-19)23-9(13(11,12)22)18-4-15-6-7(18)16-10(14)17-8(6)20/h4-5,9,19,21-22H,3H2,1-2H3,(H3,14,16,17,20)/t5-,9-,12-,13+/m1/s1. The highest BCUT2D eigenvalue weighted by Gasteiger charge is 2.92. The molecule has 4 atom stereocenters. The van der Waals surface area contributed by atoms with Crippen LogP contribution in [-0.2, 0) is 4.74 Å². The molecular formula is C13H17N5O5. The van der Waals surface area contributed by atoms with Gasteiger partial charge in [0.15, 0.2) is 17.4 Å². The SMILES string of the molecule is CC1(C)[C@]2(O)[C@@H](CO)O[C@@H](n3cnc4c(=O)[nH]c(N)nc43)[C@]12O. The maximum absolute atomic E-state index is 11.9. The molecule has 10 heteroatoms. The van der Waals surface area contributed by atoms with Gasteiger partial charge in [0.05, 0.1) is 12.9 Å². The Hall–Kier alpha value is -2.01. The Bertz CT molecular complexity index is 875. The lowest BCUT2D eigenvalue weighted by atomic mass is 10.0. The van der Waals surface area contributed by atoms with Crippen molar-refractivity contribution in [1.29, 1.82) is 0 Å². The van der Waals surface area contributed by atoms with Gasteiger partial charge in [-0.1, -0.05) is 13.8 Å².